The monoisotopic (exact) mass is 304 g/mol. The summed E-state index contributed by atoms with van der Waals surface area (Å²) in [7, 11) is 0. The maximum atomic E-state index is 12.1. The zero-order chi connectivity index (χ0) is 15.8. The van der Waals surface area contributed by atoms with Crippen LogP contribution in [0.2, 0.25) is 0 Å². The van der Waals surface area contributed by atoms with Gasteiger partial charge in [-0.15, -0.1) is 0 Å². The van der Waals surface area contributed by atoms with Gasteiger partial charge in [-0.3, -0.25) is 4.99 Å². The molecule has 4 rings (SSSR count). The first-order valence-corrected chi connectivity index (χ1v) is 7.09. The fourth-order valence-electron chi connectivity index (χ4n) is 2.58. The van der Waals surface area contributed by atoms with Crippen molar-refractivity contribution in [3.63, 3.8) is 0 Å². The Kier molecular flexibility index (Phi) is 2.98. The summed E-state index contributed by atoms with van der Waals surface area (Å²) in [5.41, 5.74) is 1.42. The van der Waals surface area contributed by atoms with Crippen molar-refractivity contribution in [3.05, 3.63) is 70.7 Å². The predicted octanol–water partition coefficient (Wildman–Crippen LogP) is 3.73. The highest BCUT2D eigenvalue weighted by atomic mass is 16.4. The van der Waals surface area contributed by atoms with Crippen molar-refractivity contribution in [1.82, 2.24) is 4.98 Å². The molecular formula is C18H12N2O3. The molecule has 2 aromatic heterocycles. The summed E-state index contributed by atoms with van der Waals surface area (Å²) in [5, 5.41) is 11.7. The topological polar surface area (TPSA) is 78.6 Å². The van der Waals surface area contributed by atoms with Gasteiger partial charge in [0.2, 0.25) is 0 Å². The Hall–Kier alpha value is -3.34. The predicted molar refractivity (Wildman–Crippen MR) is 89.7 cm³/mol. The molecule has 0 aliphatic rings. The van der Waals surface area contributed by atoms with Gasteiger partial charge in [-0.2, -0.15) is 0 Å². The Labute approximate surface area is 130 Å². The van der Waals surface area contributed by atoms with Gasteiger partial charge in [-0.1, -0.05) is 18.2 Å². The number of benzene rings is 2. The van der Waals surface area contributed by atoms with Crippen molar-refractivity contribution in [2.45, 2.75) is 0 Å². The molecule has 0 radical (unpaired) electrons. The minimum atomic E-state index is -0.619. The zero-order valence-electron chi connectivity index (χ0n) is 12.0. The Morgan fingerprint density at radius 3 is 2.83 bits per heavy atom. The fourth-order valence-corrected chi connectivity index (χ4v) is 2.58. The van der Waals surface area contributed by atoms with Crippen LogP contribution in [0.1, 0.15) is 5.56 Å². The molecule has 2 heterocycles. The maximum absolute atomic E-state index is 12.1. The van der Waals surface area contributed by atoms with Crippen LogP contribution < -0.4 is 5.63 Å². The standard InChI is InChI=1S/C18H12N2O3/c21-17-12-4-1-2-7-16(12)23-18(22)13(17)10-20-15-6-3-5-14-11(15)8-9-19-14/h1-10,19,21H. The molecule has 0 atom stereocenters. The van der Waals surface area contributed by atoms with Crippen LogP contribution in [0.5, 0.6) is 5.75 Å². The Morgan fingerprint density at radius 1 is 1.04 bits per heavy atom. The molecule has 112 valence electrons. The molecule has 0 saturated carbocycles. The number of nitrogens with one attached hydrogen (secondary N) is 1. The van der Waals surface area contributed by atoms with Crippen LogP contribution in [-0.4, -0.2) is 16.3 Å². The van der Waals surface area contributed by atoms with Crippen LogP contribution in [-0.2, 0) is 0 Å². The van der Waals surface area contributed by atoms with E-state index in [1.807, 2.05) is 30.5 Å². The van der Waals surface area contributed by atoms with Gasteiger partial charge < -0.3 is 14.5 Å². The number of rotatable bonds is 2. The molecule has 2 aromatic carbocycles. The van der Waals surface area contributed by atoms with E-state index < -0.39 is 5.63 Å². The molecule has 2 N–H and O–H groups in total. The number of nitrogens with zero attached hydrogens (tertiary/aromatic N) is 1. The first-order valence-electron chi connectivity index (χ1n) is 7.09. The van der Waals surface area contributed by atoms with Crippen LogP contribution in [0, 0.1) is 0 Å². The third-order valence-corrected chi connectivity index (χ3v) is 3.72. The average molecular weight is 304 g/mol. The molecule has 23 heavy (non-hydrogen) atoms. The second kappa shape index (κ2) is 5.14. The third-order valence-electron chi connectivity index (χ3n) is 3.72. The molecule has 0 amide bonds. The number of H-pyrrole nitrogens is 1. The van der Waals surface area contributed by atoms with E-state index in [2.05, 4.69) is 9.98 Å². The Morgan fingerprint density at radius 2 is 1.91 bits per heavy atom. The van der Waals surface area contributed by atoms with Crippen LogP contribution >= 0.6 is 0 Å². The molecule has 0 unspecified atom stereocenters. The third kappa shape index (κ3) is 2.19. The molecule has 0 aliphatic heterocycles. The second-order valence-corrected chi connectivity index (χ2v) is 5.12. The summed E-state index contributed by atoms with van der Waals surface area (Å²) in [4.78, 5) is 19.5. The van der Waals surface area contributed by atoms with Crippen molar-refractivity contribution in [2.24, 2.45) is 4.99 Å². The summed E-state index contributed by atoms with van der Waals surface area (Å²) in [6, 6.07) is 14.4. The lowest BCUT2D eigenvalue weighted by molar-refractivity contribution is 0.466. The minimum Gasteiger partial charge on any atom is -0.506 e. The van der Waals surface area contributed by atoms with Crippen molar-refractivity contribution in [3.8, 4) is 5.75 Å². The van der Waals surface area contributed by atoms with E-state index in [4.69, 9.17) is 4.42 Å². The molecule has 0 fully saturated rings. The van der Waals surface area contributed by atoms with Gasteiger partial charge in [-0.25, -0.2) is 4.79 Å². The second-order valence-electron chi connectivity index (χ2n) is 5.12. The van der Waals surface area contributed by atoms with Gasteiger partial charge in [0.1, 0.15) is 16.9 Å². The molecule has 0 aliphatic carbocycles. The van der Waals surface area contributed by atoms with Gasteiger partial charge in [-0.05, 0) is 30.3 Å². The SMILES string of the molecule is O=c1oc2ccccc2c(O)c1C=Nc1cccc2[nH]ccc12. The van der Waals surface area contributed by atoms with E-state index in [0.717, 1.165) is 10.9 Å². The smallest absolute Gasteiger partial charge is 0.348 e. The lowest BCUT2D eigenvalue weighted by atomic mass is 10.1. The van der Waals surface area contributed by atoms with E-state index in [1.54, 1.807) is 24.3 Å². The van der Waals surface area contributed by atoms with Crippen molar-refractivity contribution in [2.75, 3.05) is 0 Å². The maximum Gasteiger partial charge on any atom is 0.348 e. The molecule has 0 bridgehead atoms. The highest BCUT2D eigenvalue weighted by Gasteiger charge is 2.11. The van der Waals surface area contributed by atoms with E-state index in [1.165, 1.54) is 6.21 Å². The number of aromatic hydroxyl groups is 1. The number of hydrogen-bond acceptors (Lipinski definition) is 4. The van der Waals surface area contributed by atoms with Crippen LogP contribution in [0.3, 0.4) is 0 Å². The van der Waals surface area contributed by atoms with E-state index >= 15 is 0 Å². The number of aliphatic imine (C=N–C) groups is 1. The summed E-state index contributed by atoms with van der Waals surface area (Å²) in [6.07, 6.45) is 3.17. The summed E-state index contributed by atoms with van der Waals surface area (Å²) >= 11 is 0. The van der Waals surface area contributed by atoms with Crippen molar-refractivity contribution < 1.29 is 9.52 Å². The molecule has 5 nitrogen and oxygen atoms in total. The molecular weight excluding hydrogens is 292 g/mol. The normalized spacial score (nSPS) is 11.7. The Bertz CT molecular complexity index is 1110. The molecule has 5 heteroatoms. The number of para-hydroxylation sites is 1. The van der Waals surface area contributed by atoms with E-state index in [9.17, 15) is 9.90 Å². The number of fused-ring (bicyclic) bond motifs is 2. The first kappa shape index (κ1) is 13.3. The largest absolute Gasteiger partial charge is 0.506 e. The summed E-state index contributed by atoms with van der Waals surface area (Å²) in [5.74, 6) is -0.123. The number of aromatic nitrogens is 1. The average Bonchev–Trinajstić information content (AvgIpc) is 3.04. The highest BCUT2D eigenvalue weighted by Crippen LogP contribution is 2.27. The highest BCUT2D eigenvalue weighted by molar-refractivity contribution is 5.97. The van der Waals surface area contributed by atoms with Gasteiger partial charge in [0.15, 0.2) is 0 Å². The van der Waals surface area contributed by atoms with Gasteiger partial charge in [0, 0.05) is 23.3 Å². The summed E-state index contributed by atoms with van der Waals surface area (Å²) < 4.78 is 5.22. The first-order chi connectivity index (χ1) is 11.2. The molecule has 0 saturated heterocycles. The number of hydrogen-bond donors (Lipinski definition) is 2. The van der Waals surface area contributed by atoms with Gasteiger partial charge in [0.25, 0.3) is 0 Å². The summed E-state index contributed by atoms with van der Waals surface area (Å²) in [6.45, 7) is 0. The number of aromatic amines is 1. The molecule has 0 spiro atoms. The quantitative estimate of drug-likeness (QED) is 0.437. The van der Waals surface area contributed by atoms with E-state index in [0.29, 0.717) is 16.7 Å². The van der Waals surface area contributed by atoms with E-state index in [-0.39, 0.29) is 11.3 Å². The Balaban J connectivity index is 1.87. The fraction of sp³-hybridized carbons (Fsp3) is 0. The van der Waals surface area contributed by atoms with Crippen LogP contribution in [0.4, 0.5) is 5.69 Å². The van der Waals surface area contributed by atoms with Crippen LogP contribution in [0.25, 0.3) is 21.9 Å². The lowest BCUT2D eigenvalue weighted by Crippen LogP contribution is -2.06. The van der Waals surface area contributed by atoms with Crippen molar-refractivity contribution >= 4 is 33.8 Å². The lowest BCUT2D eigenvalue weighted by Gasteiger charge is -2.02. The van der Waals surface area contributed by atoms with Crippen molar-refractivity contribution in [1.29, 1.82) is 0 Å². The zero-order valence-corrected chi connectivity index (χ0v) is 12.0. The van der Waals surface area contributed by atoms with Gasteiger partial charge in [0.05, 0.1) is 11.1 Å². The van der Waals surface area contributed by atoms with Crippen LogP contribution in [0.15, 0.2) is 68.9 Å². The van der Waals surface area contributed by atoms with Gasteiger partial charge >= 0.3 is 5.63 Å². The molecule has 4 aromatic rings. The minimum absolute atomic E-state index is 0.0382.